The van der Waals surface area contributed by atoms with Crippen LogP contribution in [0.3, 0.4) is 0 Å². The van der Waals surface area contributed by atoms with Gasteiger partial charge in [0.05, 0.1) is 5.56 Å². The van der Waals surface area contributed by atoms with Crippen LogP contribution in [0.5, 0.6) is 6.01 Å². The Hall–Kier alpha value is -3.07. The molecular formula is C18H20FN5O3. The Morgan fingerprint density at radius 1 is 1.11 bits per heavy atom. The maximum atomic E-state index is 12.9. The van der Waals surface area contributed by atoms with Gasteiger partial charge in [-0.3, -0.25) is 9.59 Å². The third-order valence-electron chi connectivity index (χ3n) is 4.17. The molecule has 1 aromatic heterocycles. The normalized spacial score (nSPS) is 14.7. The minimum Gasteiger partial charge on any atom is -0.453 e. The van der Waals surface area contributed by atoms with Gasteiger partial charge in [0.1, 0.15) is 5.82 Å². The van der Waals surface area contributed by atoms with Crippen molar-refractivity contribution >= 4 is 17.5 Å². The number of rotatable bonds is 5. The highest BCUT2D eigenvalue weighted by Crippen LogP contribution is 2.11. The minimum absolute atomic E-state index is 0.0239. The zero-order valence-electron chi connectivity index (χ0n) is 14.9. The van der Waals surface area contributed by atoms with Crippen LogP contribution in [0.25, 0.3) is 0 Å². The van der Waals surface area contributed by atoms with Crippen molar-refractivity contribution in [3.63, 3.8) is 0 Å². The highest BCUT2D eigenvalue weighted by molar-refractivity contribution is 6.03. The Kier molecular flexibility index (Phi) is 5.92. The van der Waals surface area contributed by atoms with Crippen LogP contribution >= 0.6 is 0 Å². The van der Waals surface area contributed by atoms with Gasteiger partial charge in [-0.2, -0.15) is 0 Å². The number of hydrogen-bond donors (Lipinski definition) is 1. The number of nitrogens with zero attached hydrogens (tertiary/aromatic N) is 4. The maximum Gasteiger partial charge on any atom is 0.316 e. The Labute approximate surface area is 156 Å². The van der Waals surface area contributed by atoms with E-state index in [-0.39, 0.29) is 29.9 Å². The third kappa shape index (κ3) is 5.20. The Bertz CT molecular complexity index is 790. The average Bonchev–Trinajstić information content (AvgIpc) is 2.69. The van der Waals surface area contributed by atoms with E-state index in [2.05, 4.69) is 20.2 Å². The van der Waals surface area contributed by atoms with Crippen LogP contribution < -0.4 is 10.1 Å². The van der Waals surface area contributed by atoms with Gasteiger partial charge in [0, 0.05) is 44.3 Å². The largest absolute Gasteiger partial charge is 0.453 e. The highest BCUT2D eigenvalue weighted by Gasteiger charge is 2.19. The lowest BCUT2D eigenvalue weighted by atomic mass is 10.2. The molecule has 2 heterocycles. The third-order valence-corrected chi connectivity index (χ3v) is 4.17. The molecule has 1 saturated heterocycles. The van der Waals surface area contributed by atoms with Gasteiger partial charge in [-0.15, -0.1) is 0 Å². The predicted molar refractivity (Wildman–Crippen MR) is 96.0 cm³/mol. The summed E-state index contributed by atoms with van der Waals surface area (Å²) in [5, 5.41) is 2.61. The highest BCUT2D eigenvalue weighted by atomic mass is 19.1. The van der Waals surface area contributed by atoms with Gasteiger partial charge in [-0.25, -0.2) is 14.4 Å². The van der Waals surface area contributed by atoms with Crippen LogP contribution in [0.2, 0.25) is 0 Å². The van der Waals surface area contributed by atoms with Crippen LogP contribution in [-0.2, 0) is 4.79 Å². The molecule has 0 atom stereocenters. The van der Waals surface area contributed by atoms with Crippen molar-refractivity contribution in [2.24, 2.45) is 0 Å². The van der Waals surface area contributed by atoms with Gasteiger partial charge in [-0.1, -0.05) is 0 Å². The first-order valence-corrected chi connectivity index (χ1v) is 8.49. The molecule has 1 aliphatic heterocycles. The van der Waals surface area contributed by atoms with E-state index >= 15 is 0 Å². The van der Waals surface area contributed by atoms with Crippen molar-refractivity contribution in [1.29, 1.82) is 0 Å². The number of hydrogen-bond acceptors (Lipinski definition) is 6. The van der Waals surface area contributed by atoms with E-state index in [1.165, 1.54) is 36.7 Å². The van der Waals surface area contributed by atoms with Gasteiger partial charge < -0.3 is 19.9 Å². The number of piperazine rings is 1. The lowest BCUT2D eigenvalue weighted by molar-refractivity contribution is -0.135. The zero-order chi connectivity index (χ0) is 19.2. The molecule has 27 heavy (non-hydrogen) atoms. The molecule has 9 heteroatoms. The van der Waals surface area contributed by atoms with Gasteiger partial charge in [0.15, 0.2) is 6.61 Å². The fourth-order valence-corrected chi connectivity index (χ4v) is 2.52. The van der Waals surface area contributed by atoms with Crippen molar-refractivity contribution in [2.75, 3.05) is 45.2 Å². The number of aromatic nitrogens is 2. The summed E-state index contributed by atoms with van der Waals surface area (Å²) in [6, 6.07) is 5.43. The smallest absolute Gasteiger partial charge is 0.316 e. The summed E-state index contributed by atoms with van der Waals surface area (Å²) in [6.07, 6.45) is 2.61. The van der Waals surface area contributed by atoms with Crippen LogP contribution in [0, 0.1) is 5.82 Å². The second kappa shape index (κ2) is 8.54. The first-order valence-electron chi connectivity index (χ1n) is 8.49. The molecule has 3 rings (SSSR count). The SMILES string of the molecule is CN1CCN(C(=O)COc2ncc(C(=O)Nc3ccc(F)cc3)cn2)CC1. The van der Waals surface area contributed by atoms with Crippen molar-refractivity contribution in [1.82, 2.24) is 19.8 Å². The lowest BCUT2D eigenvalue weighted by Crippen LogP contribution is -2.48. The van der Waals surface area contributed by atoms with E-state index in [1.54, 1.807) is 4.90 Å². The number of ether oxygens (including phenoxy) is 1. The molecule has 2 amide bonds. The Morgan fingerprint density at radius 3 is 2.37 bits per heavy atom. The summed E-state index contributed by atoms with van der Waals surface area (Å²) in [7, 11) is 2.01. The van der Waals surface area contributed by atoms with Crippen LogP contribution in [0.1, 0.15) is 10.4 Å². The van der Waals surface area contributed by atoms with Crippen LogP contribution in [0.15, 0.2) is 36.7 Å². The number of nitrogens with one attached hydrogen (secondary N) is 1. The molecule has 1 aromatic carbocycles. The summed E-state index contributed by atoms with van der Waals surface area (Å²) >= 11 is 0. The van der Waals surface area contributed by atoms with E-state index in [1.807, 2.05) is 7.05 Å². The predicted octanol–water partition coefficient (Wildman–Crippen LogP) is 1.02. The number of likely N-dealkylation sites (N-methyl/N-ethyl adjacent to an activating group) is 1. The molecule has 1 aliphatic rings. The Balaban J connectivity index is 1.50. The number of carbonyl (C=O) groups is 2. The topological polar surface area (TPSA) is 87.7 Å². The molecule has 0 spiro atoms. The molecule has 2 aromatic rings. The monoisotopic (exact) mass is 373 g/mol. The molecule has 0 bridgehead atoms. The maximum absolute atomic E-state index is 12.9. The summed E-state index contributed by atoms with van der Waals surface area (Å²) in [4.78, 5) is 36.0. The fourth-order valence-electron chi connectivity index (χ4n) is 2.52. The molecule has 0 radical (unpaired) electrons. The fraction of sp³-hybridized carbons (Fsp3) is 0.333. The van der Waals surface area contributed by atoms with Gasteiger partial charge >= 0.3 is 6.01 Å². The molecule has 1 fully saturated rings. The van der Waals surface area contributed by atoms with E-state index in [0.717, 1.165) is 13.1 Å². The van der Waals surface area contributed by atoms with Crippen molar-refractivity contribution < 1.29 is 18.7 Å². The Morgan fingerprint density at radius 2 is 1.74 bits per heavy atom. The first-order chi connectivity index (χ1) is 13.0. The summed E-state index contributed by atoms with van der Waals surface area (Å²) in [6.45, 7) is 2.86. The van der Waals surface area contributed by atoms with Crippen LogP contribution in [-0.4, -0.2) is 71.4 Å². The second-order valence-electron chi connectivity index (χ2n) is 6.19. The summed E-state index contributed by atoms with van der Waals surface area (Å²) in [5.41, 5.74) is 0.677. The zero-order valence-corrected chi connectivity index (χ0v) is 14.9. The quantitative estimate of drug-likeness (QED) is 0.842. The first kappa shape index (κ1) is 18.7. The van der Waals surface area contributed by atoms with Gasteiger partial charge in [0.2, 0.25) is 0 Å². The number of halogens is 1. The molecule has 0 unspecified atom stereocenters. The molecular weight excluding hydrogens is 353 g/mol. The summed E-state index contributed by atoms with van der Waals surface area (Å²) < 4.78 is 18.2. The van der Waals surface area contributed by atoms with Crippen molar-refractivity contribution in [3.8, 4) is 6.01 Å². The molecule has 0 saturated carbocycles. The lowest BCUT2D eigenvalue weighted by Gasteiger charge is -2.32. The second-order valence-corrected chi connectivity index (χ2v) is 6.19. The van der Waals surface area contributed by atoms with Crippen molar-refractivity contribution in [2.45, 2.75) is 0 Å². The van der Waals surface area contributed by atoms with E-state index in [9.17, 15) is 14.0 Å². The number of anilines is 1. The van der Waals surface area contributed by atoms with Gasteiger partial charge in [-0.05, 0) is 31.3 Å². The number of carbonyl (C=O) groups excluding carboxylic acids is 2. The van der Waals surface area contributed by atoms with Crippen molar-refractivity contribution in [3.05, 3.63) is 48.0 Å². The van der Waals surface area contributed by atoms with Gasteiger partial charge in [0.25, 0.3) is 11.8 Å². The number of amides is 2. The summed E-state index contributed by atoms with van der Waals surface area (Å²) in [5.74, 6) is -0.935. The van der Waals surface area contributed by atoms with Crippen LogP contribution in [0.4, 0.5) is 10.1 Å². The van der Waals surface area contributed by atoms with E-state index in [0.29, 0.717) is 18.8 Å². The number of benzene rings is 1. The average molecular weight is 373 g/mol. The van der Waals surface area contributed by atoms with E-state index < -0.39 is 5.91 Å². The van der Waals surface area contributed by atoms with E-state index in [4.69, 9.17) is 4.74 Å². The molecule has 0 aliphatic carbocycles. The standard InChI is InChI=1S/C18H20FN5O3/c1-23-6-8-24(9-7-23)16(25)12-27-18-20-10-13(11-21-18)17(26)22-15-4-2-14(19)3-5-15/h2-5,10-11H,6-9,12H2,1H3,(H,22,26). The molecule has 1 N–H and O–H groups in total. The molecule has 8 nitrogen and oxygen atoms in total. The molecule has 142 valence electrons. The minimum atomic E-state index is -0.429.